The summed E-state index contributed by atoms with van der Waals surface area (Å²) in [6.45, 7) is 4.97. The van der Waals surface area contributed by atoms with Crippen LogP contribution in [0.4, 0.5) is 0 Å². The Balaban J connectivity index is 2.31. The zero-order valence-corrected chi connectivity index (χ0v) is 11.0. The minimum absolute atomic E-state index is 0.0953. The topological polar surface area (TPSA) is 70.6 Å². The van der Waals surface area contributed by atoms with Gasteiger partial charge in [-0.2, -0.15) is 11.8 Å². The molecule has 1 rings (SSSR count). The quantitative estimate of drug-likeness (QED) is 0.288. The molecule has 1 fully saturated rings. The van der Waals surface area contributed by atoms with Crippen molar-refractivity contribution in [3.8, 4) is 0 Å². The normalized spacial score (nSPS) is 28.2. The van der Waals surface area contributed by atoms with E-state index in [9.17, 15) is 0 Å². The van der Waals surface area contributed by atoms with E-state index in [1.807, 2.05) is 18.7 Å². The van der Waals surface area contributed by atoms with Crippen LogP contribution in [0.25, 0.3) is 0 Å². The lowest BCUT2D eigenvalue weighted by atomic mass is 10.1. The molecule has 0 radical (unpaired) electrons. The maximum atomic E-state index is 8.56. The Morgan fingerprint density at radius 1 is 1.62 bits per heavy atom. The van der Waals surface area contributed by atoms with Gasteiger partial charge in [0.05, 0.1) is 0 Å². The molecule has 1 saturated carbocycles. The molecule has 4 N–H and O–H groups in total. The number of amidine groups is 1. The van der Waals surface area contributed by atoms with Crippen molar-refractivity contribution in [3.63, 3.8) is 0 Å². The third-order valence-corrected chi connectivity index (χ3v) is 4.47. The summed E-state index contributed by atoms with van der Waals surface area (Å²) in [5.74, 6) is 1.58. The Kier molecular flexibility index (Phi) is 5.98. The summed E-state index contributed by atoms with van der Waals surface area (Å²) in [7, 11) is 0. The largest absolute Gasteiger partial charge is 0.409 e. The van der Waals surface area contributed by atoms with Gasteiger partial charge >= 0.3 is 0 Å². The van der Waals surface area contributed by atoms with Crippen molar-refractivity contribution < 1.29 is 5.21 Å². The Morgan fingerprint density at radius 2 is 2.38 bits per heavy atom. The van der Waals surface area contributed by atoms with Crippen LogP contribution < -0.4 is 11.1 Å². The summed E-state index contributed by atoms with van der Waals surface area (Å²) in [5.41, 5.74) is 5.55. The second-order valence-corrected chi connectivity index (χ2v) is 5.88. The van der Waals surface area contributed by atoms with E-state index in [1.165, 1.54) is 25.0 Å². The van der Waals surface area contributed by atoms with Crippen molar-refractivity contribution in [1.29, 1.82) is 0 Å². The van der Waals surface area contributed by atoms with Crippen molar-refractivity contribution in [1.82, 2.24) is 5.32 Å². The SMILES string of the molecule is CCSC1CCCC1NCC(C)C(N)=NO. The van der Waals surface area contributed by atoms with E-state index >= 15 is 0 Å². The highest BCUT2D eigenvalue weighted by Crippen LogP contribution is 2.29. The first-order valence-corrected chi connectivity index (χ1v) is 7.06. The monoisotopic (exact) mass is 245 g/mol. The molecule has 16 heavy (non-hydrogen) atoms. The third-order valence-electron chi connectivity index (χ3n) is 3.14. The highest BCUT2D eigenvalue weighted by molar-refractivity contribution is 7.99. The number of nitrogens with one attached hydrogen (secondary N) is 1. The van der Waals surface area contributed by atoms with Gasteiger partial charge in [-0.15, -0.1) is 0 Å². The van der Waals surface area contributed by atoms with Crippen LogP contribution in [0, 0.1) is 5.92 Å². The molecular weight excluding hydrogens is 222 g/mol. The number of hydrogen-bond donors (Lipinski definition) is 3. The van der Waals surface area contributed by atoms with Gasteiger partial charge in [0.25, 0.3) is 0 Å². The van der Waals surface area contributed by atoms with Gasteiger partial charge in [0, 0.05) is 23.8 Å². The fraction of sp³-hybridized carbons (Fsp3) is 0.909. The summed E-state index contributed by atoms with van der Waals surface area (Å²) in [6, 6.07) is 0.596. The Labute approximate surface area is 102 Å². The maximum absolute atomic E-state index is 8.56. The molecule has 0 aromatic heterocycles. The molecule has 0 aromatic rings. The van der Waals surface area contributed by atoms with Crippen molar-refractivity contribution in [2.45, 2.75) is 44.4 Å². The number of rotatable bonds is 6. The highest BCUT2D eigenvalue weighted by atomic mass is 32.2. The first kappa shape index (κ1) is 13.6. The Morgan fingerprint density at radius 3 is 3.00 bits per heavy atom. The summed E-state index contributed by atoms with van der Waals surface area (Å²) in [5, 5.41) is 15.9. The van der Waals surface area contributed by atoms with Crippen LogP contribution in [0.1, 0.15) is 33.1 Å². The van der Waals surface area contributed by atoms with Gasteiger partial charge in [0.2, 0.25) is 0 Å². The molecule has 0 heterocycles. The van der Waals surface area contributed by atoms with Crippen LogP contribution in [-0.4, -0.2) is 34.6 Å². The van der Waals surface area contributed by atoms with E-state index in [2.05, 4.69) is 17.4 Å². The lowest BCUT2D eigenvalue weighted by molar-refractivity contribution is 0.313. The van der Waals surface area contributed by atoms with Gasteiger partial charge in [-0.1, -0.05) is 25.4 Å². The van der Waals surface area contributed by atoms with Crippen LogP contribution >= 0.6 is 11.8 Å². The Hall–Kier alpha value is -0.420. The van der Waals surface area contributed by atoms with Gasteiger partial charge in [-0.25, -0.2) is 0 Å². The minimum atomic E-state index is 0.0953. The van der Waals surface area contributed by atoms with Crippen molar-refractivity contribution >= 4 is 17.6 Å². The predicted octanol–water partition coefficient (Wildman–Crippen LogP) is 1.63. The second-order valence-electron chi connectivity index (χ2n) is 4.37. The summed E-state index contributed by atoms with van der Waals surface area (Å²) in [4.78, 5) is 0. The lowest BCUT2D eigenvalue weighted by Gasteiger charge is -2.22. The van der Waals surface area contributed by atoms with E-state index in [4.69, 9.17) is 10.9 Å². The van der Waals surface area contributed by atoms with E-state index in [1.54, 1.807) is 0 Å². The summed E-state index contributed by atoms with van der Waals surface area (Å²) in [6.07, 6.45) is 3.88. The molecule has 3 unspecified atom stereocenters. The number of thioether (sulfide) groups is 1. The van der Waals surface area contributed by atoms with Crippen LogP contribution in [-0.2, 0) is 0 Å². The van der Waals surface area contributed by atoms with Crippen LogP contribution in [0.2, 0.25) is 0 Å². The van der Waals surface area contributed by atoms with E-state index < -0.39 is 0 Å². The van der Waals surface area contributed by atoms with E-state index in [-0.39, 0.29) is 5.92 Å². The number of nitrogens with zero attached hydrogens (tertiary/aromatic N) is 1. The van der Waals surface area contributed by atoms with E-state index in [0.717, 1.165) is 11.8 Å². The fourth-order valence-corrected chi connectivity index (χ4v) is 3.33. The fourth-order valence-electron chi connectivity index (χ4n) is 2.10. The van der Waals surface area contributed by atoms with Crippen molar-refractivity contribution in [2.24, 2.45) is 16.8 Å². The molecule has 1 aliphatic rings. The summed E-state index contributed by atoms with van der Waals surface area (Å²) >= 11 is 2.04. The zero-order chi connectivity index (χ0) is 12.0. The smallest absolute Gasteiger partial charge is 0.143 e. The van der Waals surface area contributed by atoms with Crippen LogP contribution in [0.3, 0.4) is 0 Å². The molecule has 0 saturated heterocycles. The zero-order valence-electron chi connectivity index (χ0n) is 10.1. The number of oxime groups is 1. The van der Waals surface area contributed by atoms with Gasteiger partial charge in [-0.3, -0.25) is 0 Å². The molecule has 1 aliphatic carbocycles. The van der Waals surface area contributed by atoms with E-state index in [0.29, 0.717) is 11.9 Å². The molecular formula is C11H23N3OS. The maximum Gasteiger partial charge on any atom is 0.143 e. The first-order chi connectivity index (χ1) is 7.69. The van der Waals surface area contributed by atoms with Crippen molar-refractivity contribution in [2.75, 3.05) is 12.3 Å². The molecule has 94 valence electrons. The average Bonchev–Trinajstić information content (AvgIpc) is 2.73. The van der Waals surface area contributed by atoms with Crippen LogP contribution in [0.15, 0.2) is 5.16 Å². The van der Waals surface area contributed by atoms with Crippen LogP contribution in [0.5, 0.6) is 0 Å². The van der Waals surface area contributed by atoms with Gasteiger partial charge in [0.1, 0.15) is 5.84 Å². The molecule has 0 bridgehead atoms. The number of nitrogens with two attached hydrogens (primary N) is 1. The highest BCUT2D eigenvalue weighted by Gasteiger charge is 2.27. The Bertz CT molecular complexity index is 235. The number of hydrogen-bond acceptors (Lipinski definition) is 4. The van der Waals surface area contributed by atoms with Gasteiger partial charge in [0.15, 0.2) is 0 Å². The molecule has 3 atom stereocenters. The third kappa shape index (κ3) is 3.87. The molecule has 5 heteroatoms. The predicted molar refractivity (Wildman–Crippen MR) is 70.1 cm³/mol. The minimum Gasteiger partial charge on any atom is -0.409 e. The molecule has 0 aromatic carbocycles. The molecule has 0 spiro atoms. The van der Waals surface area contributed by atoms with Gasteiger partial charge in [-0.05, 0) is 18.6 Å². The summed E-state index contributed by atoms with van der Waals surface area (Å²) < 4.78 is 0. The first-order valence-electron chi connectivity index (χ1n) is 6.01. The average molecular weight is 245 g/mol. The standard InChI is InChI=1S/C11H23N3OS/c1-3-16-10-6-4-5-9(10)13-7-8(2)11(12)14-15/h8-10,13,15H,3-7H2,1-2H3,(H2,12,14). The molecule has 4 nitrogen and oxygen atoms in total. The lowest BCUT2D eigenvalue weighted by Crippen LogP contribution is -2.40. The second kappa shape index (κ2) is 7.01. The molecule has 0 amide bonds. The van der Waals surface area contributed by atoms with Gasteiger partial charge < -0.3 is 16.3 Å². The molecule has 0 aliphatic heterocycles. The van der Waals surface area contributed by atoms with Crippen molar-refractivity contribution in [3.05, 3.63) is 0 Å².